The van der Waals surface area contributed by atoms with Crippen LogP contribution in [0.5, 0.6) is 0 Å². The summed E-state index contributed by atoms with van der Waals surface area (Å²) in [4.78, 5) is 24.5. The highest BCUT2D eigenvalue weighted by Gasteiger charge is 2.13. The summed E-state index contributed by atoms with van der Waals surface area (Å²) in [5.74, 6) is 0.0677. The van der Waals surface area contributed by atoms with Gasteiger partial charge in [-0.05, 0) is 18.2 Å². The van der Waals surface area contributed by atoms with Crippen molar-refractivity contribution < 1.29 is 14.7 Å². The Morgan fingerprint density at radius 1 is 1.20 bits per heavy atom. The summed E-state index contributed by atoms with van der Waals surface area (Å²) in [7, 11) is 0. The van der Waals surface area contributed by atoms with Crippen LogP contribution in [-0.4, -0.2) is 40.4 Å². The Hall–Kier alpha value is -1.49. The average molecular weight is 295 g/mol. The molecule has 0 spiro atoms. The fourth-order valence-electron chi connectivity index (χ4n) is 1.86. The molecule has 1 amide bonds. The lowest BCUT2D eigenvalue weighted by molar-refractivity contribution is -0.138. The first-order valence-electron chi connectivity index (χ1n) is 6.66. The van der Waals surface area contributed by atoms with Gasteiger partial charge in [0.25, 0.3) is 0 Å². The molecule has 4 nitrogen and oxygen atoms in total. The molecule has 0 aliphatic heterocycles. The standard InChI is InChI=1S/C15H21NO3S/c1-20-11-9-14(17)16(10-5-8-15(18)19)12-13-6-3-2-4-7-13/h2-4,6-7H,5,8-12H2,1H3,(H,18,19). The van der Waals surface area contributed by atoms with Crippen LogP contribution in [-0.2, 0) is 16.1 Å². The fraction of sp³-hybridized carbons (Fsp3) is 0.467. The summed E-state index contributed by atoms with van der Waals surface area (Å²) in [5.41, 5.74) is 1.07. The molecule has 0 atom stereocenters. The monoisotopic (exact) mass is 295 g/mol. The van der Waals surface area contributed by atoms with Gasteiger partial charge in [-0.3, -0.25) is 9.59 Å². The van der Waals surface area contributed by atoms with Gasteiger partial charge in [-0.15, -0.1) is 0 Å². The minimum Gasteiger partial charge on any atom is -0.481 e. The van der Waals surface area contributed by atoms with E-state index < -0.39 is 5.97 Å². The van der Waals surface area contributed by atoms with Crippen LogP contribution in [0, 0.1) is 0 Å². The van der Waals surface area contributed by atoms with Gasteiger partial charge < -0.3 is 10.0 Å². The van der Waals surface area contributed by atoms with Crippen molar-refractivity contribution >= 4 is 23.6 Å². The van der Waals surface area contributed by atoms with E-state index in [1.54, 1.807) is 16.7 Å². The van der Waals surface area contributed by atoms with Gasteiger partial charge in [0.15, 0.2) is 0 Å². The van der Waals surface area contributed by atoms with Crippen LogP contribution in [0.3, 0.4) is 0 Å². The van der Waals surface area contributed by atoms with Crippen LogP contribution < -0.4 is 0 Å². The van der Waals surface area contributed by atoms with Crippen molar-refractivity contribution in [3.63, 3.8) is 0 Å². The Bertz CT molecular complexity index is 422. The summed E-state index contributed by atoms with van der Waals surface area (Å²) in [5, 5.41) is 8.69. The Morgan fingerprint density at radius 2 is 1.90 bits per heavy atom. The van der Waals surface area contributed by atoms with Crippen LogP contribution in [0.2, 0.25) is 0 Å². The molecule has 0 saturated carbocycles. The van der Waals surface area contributed by atoms with Crippen molar-refractivity contribution in [2.45, 2.75) is 25.8 Å². The third-order valence-corrected chi connectivity index (χ3v) is 3.52. The van der Waals surface area contributed by atoms with Gasteiger partial charge in [0.05, 0.1) is 0 Å². The zero-order chi connectivity index (χ0) is 14.8. The van der Waals surface area contributed by atoms with Gasteiger partial charge in [-0.2, -0.15) is 11.8 Å². The molecule has 5 heteroatoms. The number of nitrogens with zero attached hydrogens (tertiary/aromatic N) is 1. The molecule has 0 radical (unpaired) electrons. The van der Waals surface area contributed by atoms with E-state index in [0.29, 0.717) is 25.9 Å². The Balaban J connectivity index is 2.58. The van der Waals surface area contributed by atoms with E-state index >= 15 is 0 Å². The van der Waals surface area contributed by atoms with E-state index in [0.717, 1.165) is 11.3 Å². The van der Waals surface area contributed by atoms with Gasteiger partial charge in [0, 0.05) is 31.7 Å². The summed E-state index contributed by atoms with van der Waals surface area (Å²) in [6, 6.07) is 9.78. The molecule has 1 aromatic rings. The lowest BCUT2D eigenvalue weighted by Crippen LogP contribution is -2.32. The topological polar surface area (TPSA) is 57.6 Å². The number of rotatable bonds is 9. The van der Waals surface area contributed by atoms with E-state index in [4.69, 9.17) is 5.11 Å². The van der Waals surface area contributed by atoms with Crippen molar-refractivity contribution in [1.82, 2.24) is 4.90 Å². The van der Waals surface area contributed by atoms with Crippen LogP contribution in [0.4, 0.5) is 0 Å². The highest BCUT2D eigenvalue weighted by Crippen LogP contribution is 2.09. The molecule has 0 bridgehead atoms. The van der Waals surface area contributed by atoms with E-state index in [1.807, 2.05) is 36.6 Å². The molecular weight excluding hydrogens is 274 g/mol. The van der Waals surface area contributed by atoms with Crippen molar-refractivity contribution in [2.75, 3.05) is 18.6 Å². The van der Waals surface area contributed by atoms with Crippen LogP contribution in [0.25, 0.3) is 0 Å². The van der Waals surface area contributed by atoms with Gasteiger partial charge in [0.1, 0.15) is 0 Å². The van der Waals surface area contributed by atoms with Gasteiger partial charge in [0.2, 0.25) is 5.91 Å². The first-order valence-corrected chi connectivity index (χ1v) is 8.05. The molecule has 1 rings (SSSR count). The summed E-state index contributed by atoms with van der Waals surface area (Å²) in [6.45, 7) is 1.04. The number of amides is 1. The maximum Gasteiger partial charge on any atom is 0.303 e. The first-order chi connectivity index (χ1) is 9.63. The Kier molecular flexibility index (Phi) is 7.80. The molecule has 0 aliphatic rings. The minimum atomic E-state index is -0.818. The van der Waals surface area contributed by atoms with Gasteiger partial charge in [-0.25, -0.2) is 0 Å². The molecule has 0 fully saturated rings. The van der Waals surface area contributed by atoms with E-state index in [1.165, 1.54) is 0 Å². The zero-order valence-electron chi connectivity index (χ0n) is 11.7. The predicted octanol–water partition coefficient (Wildman–Crippen LogP) is 2.63. The second-order valence-corrected chi connectivity index (χ2v) is 5.53. The Morgan fingerprint density at radius 3 is 2.50 bits per heavy atom. The second-order valence-electron chi connectivity index (χ2n) is 4.54. The quantitative estimate of drug-likeness (QED) is 0.761. The summed E-state index contributed by atoms with van der Waals surface area (Å²) < 4.78 is 0. The molecular formula is C15H21NO3S. The van der Waals surface area contributed by atoms with E-state index in [-0.39, 0.29) is 12.3 Å². The number of carboxylic acid groups (broad SMARTS) is 1. The third kappa shape index (κ3) is 6.61. The molecule has 1 N–H and O–H groups in total. The van der Waals surface area contributed by atoms with E-state index in [9.17, 15) is 9.59 Å². The molecule has 0 saturated heterocycles. The fourth-order valence-corrected chi connectivity index (χ4v) is 2.24. The number of thioether (sulfide) groups is 1. The van der Waals surface area contributed by atoms with Crippen molar-refractivity contribution in [3.05, 3.63) is 35.9 Å². The lowest BCUT2D eigenvalue weighted by Gasteiger charge is -2.22. The number of carboxylic acids is 1. The number of carbonyl (C=O) groups excluding carboxylic acids is 1. The lowest BCUT2D eigenvalue weighted by atomic mass is 10.2. The number of carbonyl (C=O) groups is 2. The molecule has 110 valence electrons. The normalized spacial score (nSPS) is 10.2. The van der Waals surface area contributed by atoms with Gasteiger partial charge >= 0.3 is 5.97 Å². The minimum absolute atomic E-state index is 0.0913. The van der Waals surface area contributed by atoms with Crippen LogP contribution in [0.1, 0.15) is 24.8 Å². The second kappa shape index (κ2) is 9.42. The van der Waals surface area contributed by atoms with E-state index in [2.05, 4.69) is 0 Å². The number of hydrogen-bond acceptors (Lipinski definition) is 3. The van der Waals surface area contributed by atoms with Crippen LogP contribution >= 0.6 is 11.8 Å². The molecule has 0 aliphatic carbocycles. The summed E-state index contributed by atoms with van der Waals surface area (Å²) in [6.07, 6.45) is 3.06. The smallest absolute Gasteiger partial charge is 0.303 e. The molecule has 0 unspecified atom stereocenters. The highest BCUT2D eigenvalue weighted by molar-refractivity contribution is 7.98. The zero-order valence-corrected chi connectivity index (χ0v) is 12.6. The number of benzene rings is 1. The summed E-state index contributed by atoms with van der Waals surface area (Å²) >= 11 is 1.64. The van der Waals surface area contributed by atoms with Crippen molar-refractivity contribution in [2.24, 2.45) is 0 Å². The Labute approximate surface area is 124 Å². The molecule has 0 heterocycles. The largest absolute Gasteiger partial charge is 0.481 e. The van der Waals surface area contributed by atoms with Crippen molar-refractivity contribution in [1.29, 1.82) is 0 Å². The maximum atomic E-state index is 12.1. The predicted molar refractivity (Wildman–Crippen MR) is 81.7 cm³/mol. The van der Waals surface area contributed by atoms with Gasteiger partial charge in [-0.1, -0.05) is 30.3 Å². The third-order valence-electron chi connectivity index (χ3n) is 2.91. The molecule has 1 aromatic carbocycles. The number of aliphatic carboxylic acids is 1. The molecule has 0 aromatic heterocycles. The number of hydrogen-bond donors (Lipinski definition) is 1. The average Bonchev–Trinajstić information content (AvgIpc) is 2.44. The molecule has 20 heavy (non-hydrogen) atoms. The highest BCUT2D eigenvalue weighted by atomic mass is 32.2. The maximum absolute atomic E-state index is 12.1. The van der Waals surface area contributed by atoms with Crippen molar-refractivity contribution in [3.8, 4) is 0 Å². The SMILES string of the molecule is CSCCC(=O)N(CCCC(=O)O)Cc1ccccc1. The van der Waals surface area contributed by atoms with Crippen LogP contribution in [0.15, 0.2) is 30.3 Å². The first kappa shape index (κ1) is 16.6.